The average molecular weight is 548 g/mol. The molecule has 7 nitrogen and oxygen atoms in total. The zero-order valence-corrected chi connectivity index (χ0v) is 22.7. The molecule has 0 aliphatic carbocycles. The van der Waals surface area contributed by atoms with E-state index in [9.17, 15) is 9.59 Å². The van der Waals surface area contributed by atoms with Gasteiger partial charge in [-0.15, -0.1) is 11.3 Å². The molecule has 2 heterocycles. The van der Waals surface area contributed by atoms with E-state index >= 15 is 0 Å². The lowest BCUT2D eigenvalue weighted by atomic mass is 10.1. The van der Waals surface area contributed by atoms with Gasteiger partial charge in [-0.3, -0.25) is 14.6 Å². The molecule has 0 aliphatic rings. The molecule has 0 atom stereocenters. The van der Waals surface area contributed by atoms with Gasteiger partial charge in [-0.1, -0.05) is 72.8 Å². The van der Waals surface area contributed by atoms with Crippen LogP contribution in [0, 0.1) is 0 Å². The topological polar surface area (TPSA) is 92.4 Å². The lowest BCUT2D eigenvalue weighted by Crippen LogP contribution is -2.42. The first kappa shape index (κ1) is 26.8. The Hall–Kier alpha value is -4.82. The van der Waals surface area contributed by atoms with Gasteiger partial charge in [0.1, 0.15) is 6.54 Å². The first-order chi connectivity index (χ1) is 19.5. The summed E-state index contributed by atoms with van der Waals surface area (Å²) in [6, 6.07) is 30.6. The summed E-state index contributed by atoms with van der Waals surface area (Å²) in [6.45, 7) is 1.09. The quantitative estimate of drug-likeness (QED) is 0.244. The molecule has 2 amide bonds. The molecule has 0 fully saturated rings. The number of pyridine rings is 1. The van der Waals surface area contributed by atoms with Gasteiger partial charge in [0.15, 0.2) is 5.13 Å². The van der Waals surface area contributed by atoms with Gasteiger partial charge in [-0.05, 0) is 41.0 Å². The van der Waals surface area contributed by atoms with E-state index in [1.54, 1.807) is 34.3 Å². The second-order valence-corrected chi connectivity index (χ2v) is 10.3. The predicted molar refractivity (Wildman–Crippen MR) is 158 cm³/mol. The molecule has 2 aromatic heterocycles. The van der Waals surface area contributed by atoms with Gasteiger partial charge in [0.2, 0.25) is 5.91 Å². The second-order valence-electron chi connectivity index (χ2n) is 9.39. The van der Waals surface area contributed by atoms with E-state index in [-0.39, 0.29) is 18.4 Å². The van der Waals surface area contributed by atoms with Crippen molar-refractivity contribution in [2.45, 2.75) is 19.6 Å². The third-order valence-corrected chi connectivity index (χ3v) is 7.14. The molecular formula is C32H29N5O2S. The van der Waals surface area contributed by atoms with Crippen molar-refractivity contribution >= 4 is 28.3 Å². The minimum atomic E-state index is -0.217. The Morgan fingerprint density at radius 2 is 1.25 bits per heavy atom. The Kier molecular flexibility index (Phi) is 8.58. The van der Waals surface area contributed by atoms with Crippen LogP contribution >= 0.6 is 11.3 Å². The van der Waals surface area contributed by atoms with E-state index in [2.05, 4.69) is 9.97 Å². The normalized spacial score (nSPS) is 10.7. The number of nitrogens with two attached hydrogens (primary N) is 1. The van der Waals surface area contributed by atoms with Gasteiger partial charge in [0, 0.05) is 48.5 Å². The molecule has 40 heavy (non-hydrogen) atoms. The summed E-state index contributed by atoms with van der Waals surface area (Å²) in [5.41, 5.74) is 10.9. The average Bonchev–Trinajstić information content (AvgIpc) is 3.44. The van der Waals surface area contributed by atoms with Crippen LogP contribution in [0.1, 0.15) is 27.0 Å². The summed E-state index contributed by atoms with van der Waals surface area (Å²) < 4.78 is 0. The van der Waals surface area contributed by atoms with Crippen molar-refractivity contribution in [1.82, 2.24) is 19.8 Å². The summed E-state index contributed by atoms with van der Waals surface area (Å²) in [5, 5.41) is 2.38. The molecule has 5 rings (SSSR count). The Balaban J connectivity index is 1.39. The Labute approximate surface area is 237 Å². The van der Waals surface area contributed by atoms with Crippen molar-refractivity contribution < 1.29 is 9.59 Å². The zero-order valence-electron chi connectivity index (χ0n) is 21.9. The van der Waals surface area contributed by atoms with Crippen molar-refractivity contribution in [3.8, 4) is 11.3 Å². The maximum absolute atomic E-state index is 13.8. The number of anilines is 1. The molecule has 2 N–H and O–H groups in total. The van der Waals surface area contributed by atoms with E-state index < -0.39 is 0 Å². The summed E-state index contributed by atoms with van der Waals surface area (Å²) in [7, 11) is 0. The SMILES string of the molecule is Nc1nc(-c2ccc(C(=O)N(CC(=O)N(Cc3ccccc3)Cc3ccncc3)Cc3ccccc3)cc2)cs1. The van der Waals surface area contributed by atoms with Crippen LogP contribution in [0.3, 0.4) is 0 Å². The van der Waals surface area contributed by atoms with Crippen molar-refractivity contribution in [3.63, 3.8) is 0 Å². The van der Waals surface area contributed by atoms with Gasteiger partial charge in [0.25, 0.3) is 5.91 Å². The fourth-order valence-electron chi connectivity index (χ4n) is 4.40. The number of aromatic nitrogens is 2. The molecule has 200 valence electrons. The van der Waals surface area contributed by atoms with Crippen LogP contribution in [0.4, 0.5) is 5.13 Å². The summed E-state index contributed by atoms with van der Waals surface area (Å²) in [4.78, 5) is 39.4. The number of hydrogen-bond acceptors (Lipinski definition) is 6. The number of carbonyl (C=O) groups is 2. The first-order valence-electron chi connectivity index (χ1n) is 12.9. The predicted octanol–water partition coefficient (Wildman–Crippen LogP) is 5.66. The highest BCUT2D eigenvalue weighted by atomic mass is 32.1. The van der Waals surface area contributed by atoms with Crippen molar-refractivity contribution in [1.29, 1.82) is 0 Å². The molecule has 8 heteroatoms. The fourth-order valence-corrected chi connectivity index (χ4v) is 4.97. The summed E-state index contributed by atoms with van der Waals surface area (Å²) >= 11 is 1.37. The van der Waals surface area contributed by atoms with Crippen LogP contribution in [0.15, 0.2) is 115 Å². The highest BCUT2D eigenvalue weighted by molar-refractivity contribution is 7.13. The van der Waals surface area contributed by atoms with Crippen LogP contribution in [-0.4, -0.2) is 38.1 Å². The minimum absolute atomic E-state index is 0.0595. The van der Waals surface area contributed by atoms with E-state index in [4.69, 9.17) is 5.73 Å². The number of benzene rings is 3. The molecule has 0 radical (unpaired) electrons. The van der Waals surface area contributed by atoms with Gasteiger partial charge in [-0.2, -0.15) is 0 Å². The largest absolute Gasteiger partial charge is 0.375 e. The van der Waals surface area contributed by atoms with Crippen LogP contribution in [0.5, 0.6) is 0 Å². The molecule has 0 bridgehead atoms. The lowest BCUT2D eigenvalue weighted by Gasteiger charge is -2.28. The number of nitrogens with zero attached hydrogens (tertiary/aromatic N) is 4. The van der Waals surface area contributed by atoms with Crippen LogP contribution < -0.4 is 5.73 Å². The third kappa shape index (κ3) is 6.98. The van der Waals surface area contributed by atoms with Crippen molar-refractivity contribution in [2.75, 3.05) is 12.3 Å². The number of thiazole rings is 1. The van der Waals surface area contributed by atoms with E-state index in [0.29, 0.717) is 30.3 Å². The standard InChI is InChI=1S/C32H29N5O2S/c33-32-35-29(23-40-32)27-11-13-28(14-12-27)31(39)37(21-25-9-5-2-6-10-25)22-30(38)36(19-24-7-3-1-4-8-24)20-26-15-17-34-18-16-26/h1-18,23H,19-22H2,(H2,33,35). The van der Waals surface area contributed by atoms with Crippen LogP contribution in [0.2, 0.25) is 0 Å². The molecule has 5 aromatic rings. The van der Waals surface area contributed by atoms with Crippen molar-refractivity contribution in [2.24, 2.45) is 0 Å². The number of nitrogen functional groups attached to an aromatic ring is 1. The number of carbonyl (C=O) groups excluding carboxylic acids is 2. The smallest absolute Gasteiger partial charge is 0.254 e. The zero-order chi connectivity index (χ0) is 27.7. The molecule has 0 aliphatic heterocycles. The van der Waals surface area contributed by atoms with Gasteiger partial charge < -0.3 is 15.5 Å². The number of hydrogen-bond donors (Lipinski definition) is 1. The maximum atomic E-state index is 13.8. The summed E-state index contributed by atoms with van der Waals surface area (Å²) in [5.74, 6) is -0.357. The lowest BCUT2D eigenvalue weighted by molar-refractivity contribution is -0.133. The van der Waals surface area contributed by atoms with Gasteiger partial charge in [0.05, 0.1) is 5.69 Å². The van der Waals surface area contributed by atoms with E-state index in [1.165, 1.54) is 11.3 Å². The Bertz CT molecular complexity index is 1500. The minimum Gasteiger partial charge on any atom is -0.375 e. The Morgan fingerprint density at radius 3 is 1.80 bits per heavy atom. The number of rotatable bonds is 10. The fraction of sp³-hybridized carbons (Fsp3) is 0.125. The number of amides is 2. The third-order valence-electron chi connectivity index (χ3n) is 6.47. The molecule has 3 aromatic carbocycles. The van der Waals surface area contributed by atoms with Gasteiger partial charge >= 0.3 is 0 Å². The van der Waals surface area contributed by atoms with E-state index in [0.717, 1.165) is 27.9 Å². The van der Waals surface area contributed by atoms with Gasteiger partial charge in [-0.25, -0.2) is 4.98 Å². The summed E-state index contributed by atoms with van der Waals surface area (Å²) in [6.07, 6.45) is 3.44. The van der Waals surface area contributed by atoms with E-state index in [1.807, 2.05) is 90.3 Å². The molecular weight excluding hydrogens is 518 g/mol. The highest BCUT2D eigenvalue weighted by Gasteiger charge is 2.23. The van der Waals surface area contributed by atoms with Crippen LogP contribution in [0.25, 0.3) is 11.3 Å². The monoisotopic (exact) mass is 547 g/mol. The highest BCUT2D eigenvalue weighted by Crippen LogP contribution is 2.24. The Morgan fingerprint density at radius 1 is 0.700 bits per heavy atom. The van der Waals surface area contributed by atoms with Crippen molar-refractivity contribution in [3.05, 3.63) is 137 Å². The molecule has 0 saturated carbocycles. The first-order valence-corrected chi connectivity index (χ1v) is 13.8. The molecule has 0 spiro atoms. The molecule has 0 saturated heterocycles. The maximum Gasteiger partial charge on any atom is 0.254 e. The second kappa shape index (κ2) is 12.8. The molecule has 0 unspecified atom stereocenters. The van der Waals surface area contributed by atoms with Crippen LogP contribution in [-0.2, 0) is 24.4 Å².